The molecular formula is C33H25NO4. The van der Waals surface area contributed by atoms with E-state index in [1.165, 1.54) is 62.3 Å². The van der Waals surface area contributed by atoms with Crippen LogP contribution in [0.3, 0.4) is 0 Å². The quantitative estimate of drug-likeness (QED) is 0.229. The van der Waals surface area contributed by atoms with Gasteiger partial charge in [0, 0.05) is 21.8 Å². The number of aromatic nitrogens is 1. The standard InChI is InChI=1S/C24H17N.C9H8O4/c1-3-9-17(10-4-1)20-15-22-19-13-7-8-14-23(19)25-24(22)16-21(20)18-11-5-2-6-12-18;1-5-4-6(8(10)11)2-3-7(5)9(12)13/h1-16,25H;2-4H,1H3,(H,10,11)(H,12,13). The number of aromatic carboxylic acids is 2. The molecule has 0 atom stereocenters. The van der Waals surface area contributed by atoms with Crippen LogP contribution in [0.4, 0.5) is 0 Å². The summed E-state index contributed by atoms with van der Waals surface area (Å²) in [6.07, 6.45) is 0. The second-order valence-corrected chi connectivity index (χ2v) is 8.99. The van der Waals surface area contributed by atoms with Crippen molar-refractivity contribution in [1.82, 2.24) is 4.98 Å². The summed E-state index contributed by atoms with van der Waals surface area (Å²) in [7, 11) is 0. The lowest BCUT2D eigenvalue weighted by Crippen LogP contribution is -2.03. The van der Waals surface area contributed by atoms with Crippen LogP contribution in [-0.2, 0) is 0 Å². The number of nitrogens with one attached hydrogen (secondary N) is 1. The van der Waals surface area contributed by atoms with Gasteiger partial charge in [-0.2, -0.15) is 0 Å². The predicted molar refractivity (Wildman–Crippen MR) is 152 cm³/mol. The van der Waals surface area contributed by atoms with Crippen LogP contribution >= 0.6 is 0 Å². The van der Waals surface area contributed by atoms with E-state index in [9.17, 15) is 9.59 Å². The number of hydrogen-bond acceptors (Lipinski definition) is 2. The van der Waals surface area contributed by atoms with Crippen molar-refractivity contribution in [3.8, 4) is 22.3 Å². The van der Waals surface area contributed by atoms with E-state index in [-0.39, 0.29) is 11.1 Å². The van der Waals surface area contributed by atoms with Crippen molar-refractivity contribution in [2.24, 2.45) is 0 Å². The fourth-order valence-electron chi connectivity index (χ4n) is 4.65. The molecule has 3 N–H and O–H groups in total. The summed E-state index contributed by atoms with van der Waals surface area (Å²) in [5.41, 5.74) is 8.05. The fourth-order valence-corrected chi connectivity index (χ4v) is 4.65. The van der Waals surface area contributed by atoms with E-state index in [1.54, 1.807) is 6.92 Å². The SMILES string of the molecule is Cc1cc(C(=O)O)ccc1C(=O)O.c1ccc(-c2cc3[nH]c4ccccc4c3cc2-c2ccccc2)cc1. The molecule has 0 aliphatic heterocycles. The molecule has 186 valence electrons. The van der Waals surface area contributed by atoms with E-state index < -0.39 is 11.9 Å². The number of benzene rings is 5. The fraction of sp³-hybridized carbons (Fsp3) is 0.0303. The van der Waals surface area contributed by atoms with Gasteiger partial charge < -0.3 is 15.2 Å². The van der Waals surface area contributed by atoms with Gasteiger partial charge in [-0.05, 0) is 71.1 Å². The molecule has 0 aliphatic rings. The number of hydrogen-bond donors (Lipinski definition) is 3. The number of carboxylic acid groups (broad SMARTS) is 2. The minimum absolute atomic E-state index is 0.0995. The first-order valence-corrected chi connectivity index (χ1v) is 12.1. The van der Waals surface area contributed by atoms with Crippen LogP contribution in [0.1, 0.15) is 26.3 Å². The van der Waals surface area contributed by atoms with Gasteiger partial charge >= 0.3 is 11.9 Å². The maximum Gasteiger partial charge on any atom is 0.335 e. The van der Waals surface area contributed by atoms with Crippen LogP contribution in [0, 0.1) is 6.92 Å². The van der Waals surface area contributed by atoms with Crippen LogP contribution in [-0.4, -0.2) is 27.1 Å². The van der Waals surface area contributed by atoms with E-state index >= 15 is 0 Å². The number of H-pyrrole nitrogens is 1. The van der Waals surface area contributed by atoms with Gasteiger partial charge in [-0.25, -0.2) is 9.59 Å². The highest BCUT2D eigenvalue weighted by molar-refractivity contribution is 6.10. The summed E-state index contributed by atoms with van der Waals surface area (Å²) in [6, 6.07) is 38.3. The zero-order valence-corrected chi connectivity index (χ0v) is 20.7. The van der Waals surface area contributed by atoms with Gasteiger partial charge in [0.2, 0.25) is 0 Å². The third-order valence-corrected chi connectivity index (χ3v) is 6.52. The molecule has 0 bridgehead atoms. The second kappa shape index (κ2) is 10.4. The Bertz CT molecular complexity index is 1770. The summed E-state index contributed by atoms with van der Waals surface area (Å²) in [5.74, 6) is -2.10. The van der Waals surface area contributed by atoms with E-state index in [2.05, 4.69) is 102 Å². The monoisotopic (exact) mass is 499 g/mol. The maximum atomic E-state index is 10.6. The average Bonchev–Trinajstić information content (AvgIpc) is 3.31. The number of rotatable bonds is 4. The first kappa shape index (κ1) is 24.5. The molecule has 0 unspecified atom stereocenters. The Hall–Kier alpha value is -5.16. The number of para-hydroxylation sites is 1. The van der Waals surface area contributed by atoms with Crippen molar-refractivity contribution in [3.05, 3.63) is 132 Å². The van der Waals surface area contributed by atoms with Gasteiger partial charge in [0.25, 0.3) is 0 Å². The summed E-state index contributed by atoms with van der Waals surface area (Å²) in [5, 5.41) is 19.8. The van der Waals surface area contributed by atoms with Crippen molar-refractivity contribution < 1.29 is 19.8 Å². The van der Waals surface area contributed by atoms with E-state index in [1.807, 2.05) is 0 Å². The van der Waals surface area contributed by atoms with Crippen molar-refractivity contribution in [3.63, 3.8) is 0 Å². The Balaban J connectivity index is 0.000000193. The minimum atomic E-state index is -1.06. The Morgan fingerprint density at radius 2 is 1.16 bits per heavy atom. The molecule has 38 heavy (non-hydrogen) atoms. The molecule has 6 rings (SSSR count). The van der Waals surface area contributed by atoms with Crippen molar-refractivity contribution in [2.45, 2.75) is 6.92 Å². The van der Waals surface area contributed by atoms with Crippen molar-refractivity contribution in [2.75, 3.05) is 0 Å². The molecule has 5 heteroatoms. The van der Waals surface area contributed by atoms with Gasteiger partial charge in [-0.1, -0.05) is 78.9 Å². The average molecular weight is 500 g/mol. The number of carbonyl (C=O) groups is 2. The summed E-state index contributed by atoms with van der Waals surface area (Å²) < 4.78 is 0. The van der Waals surface area contributed by atoms with E-state index in [0.29, 0.717) is 5.56 Å². The van der Waals surface area contributed by atoms with Crippen LogP contribution in [0.25, 0.3) is 44.1 Å². The van der Waals surface area contributed by atoms with Gasteiger partial charge in [-0.15, -0.1) is 0 Å². The molecule has 0 saturated carbocycles. The summed E-state index contributed by atoms with van der Waals surface area (Å²) in [6.45, 7) is 1.57. The van der Waals surface area contributed by atoms with Gasteiger partial charge in [0.15, 0.2) is 0 Å². The number of aryl methyl sites for hydroxylation is 1. The summed E-state index contributed by atoms with van der Waals surface area (Å²) in [4.78, 5) is 24.6. The number of carboxylic acids is 2. The molecule has 6 aromatic rings. The lowest BCUT2D eigenvalue weighted by Gasteiger charge is -2.11. The molecule has 0 fully saturated rings. The Labute approximate surface area is 219 Å². The molecule has 0 aliphatic carbocycles. The highest BCUT2D eigenvalue weighted by atomic mass is 16.4. The van der Waals surface area contributed by atoms with Gasteiger partial charge in [-0.3, -0.25) is 0 Å². The summed E-state index contributed by atoms with van der Waals surface area (Å²) >= 11 is 0. The highest BCUT2D eigenvalue weighted by Gasteiger charge is 2.13. The Morgan fingerprint density at radius 1 is 0.579 bits per heavy atom. The molecule has 1 aromatic heterocycles. The van der Waals surface area contributed by atoms with Gasteiger partial charge in [0.05, 0.1) is 11.1 Å². The lowest BCUT2D eigenvalue weighted by molar-refractivity contribution is 0.0680. The van der Waals surface area contributed by atoms with Crippen molar-refractivity contribution in [1.29, 1.82) is 0 Å². The largest absolute Gasteiger partial charge is 0.478 e. The number of fused-ring (bicyclic) bond motifs is 3. The van der Waals surface area contributed by atoms with Crippen LogP contribution in [0.15, 0.2) is 115 Å². The Morgan fingerprint density at radius 3 is 1.74 bits per heavy atom. The number of aromatic amines is 1. The first-order valence-electron chi connectivity index (χ1n) is 12.1. The van der Waals surface area contributed by atoms with Crippen LogP contribution < -0.4 is 0 Å². The lowest BCUT2D eigenvalue weighted by atomic mass is 9.93. The highest BCUT2D eigenvalue weighted by Crippen LogP contribution is 2.37. The van der Waals surface area contributed by atoms with Gasteiger partial charge in [0.1, 0.15) is 0 Å². The smallest absolute Gasteiger partial charge is 0.335 e. The topological polar surface area (TPSA) is 90.4 Å². The first-order chi connectivity index (χ1) is 18.4. The molecule has 0 radical (unpaired) electrons. The molecular weight excluding hydrogens is 474 g/mol. The predicted octanol–water partition coefficient (Wildman–Crippen LogP) is 8.05. The van der Waals surface area contributed by atoms with E-state index in [0.717, 1.165) is 0 Å². The maximum absolute atomic E-state index is 10.6. The minimum Gasteiger partial charge on any atom is -0.478 e. The molecule has 5 aromatic carbocycles. The Kier molecular flexibility index (Phi) is 6.74. The third-order valence-electron chi connectivity index (χ3n) is 6.52. The third kappa shape index (κ3) is 4.90. The molecule has 0 spiro atoms. The van der Waals surface area contributed by atoms with E-state index in [4.69, 9.17) is 10.2 Å². The molecule has 0 amide bonds. The normalized spacial score (nSPS) is 10.7. The molecule has 5 nitrogen and oxygen atoms in total. The van der Waals surface area contributed by atoms with Crippen LogP contribution in [0.2, 0.25) is 0 Å². The zero-order chi connectivity index (χ0) is 26.6. The van der Waals surface area contributed by atoms with Crippen LogP contribution in [0.5, 0.6) is 0 Å². The molecule has 1 heterocycles. The van der Waals surface area contributed by atoms with Crippen molar-refractivity contribution >= 4 is 33.7 Å². The molecule has 0 saturated heterocycles. The zero-order valence-electron chi connectivity index (χ0n) is 20.7. The second-order valence-electron chi connectivity index (χ2n) is 8.99.